The largest absolute Gasteiger partial charge is 0.465 e. The minimum atomic E-state index is -0.354. The Kier molecular flexibility index (Phi) is 3.20. The van der Waals surface area contributed by atoms with Crippen LogP contribution in [0.25, 0.3) is 22.2 Å². The first-order chi connectivity index (χ1) is 9.70. The first-order valence-corrected chi connectivity index (χ1v) is 6.53. The van der Waals surface area contributed by atoms with E-state index in [9.17, 15) is 4.79 Å². The highest BCUT2D eigenvalue weighted by Gasteiger charge is 2.19. The van der Waals surface area contributed by atoms with Gasteiger partial charge in [0.1, 0.15) is 0 Å². The summed E-state index contributed by atoms with van der Waals surface area (Å²) < 4.78 is 4.90. The molecule has 1 heterocycles. The number of methoxy groups -OCH3 is 1. The summed E-state index contributed by atoms with van der Waals surface area (Å²) in [6.45, 7) is 0. The van der Waals surface area contributed by atoms with E-state index in [1.54, 1.807) is 12.1 Å². The van der Waals surface area contributed by atoms with Crippen LogP contribution in [0.3, 0.4) is 0 Å². The fourth-order valence-corrected chi connectivity index (χ4v) is 2.42. The minimum absolute atomic E-state index is 0.354. The second-order valence-corrected chi connectivity index (χ2v) is 4.86. The first kappa shape index (κ1) is 12.8. The molecule has 2 aromatic carbocycles. The molecule has 1 N–H and O–H groups in total. The molecule has 3 aromatic rings. The molecule has 0 saturated heterocycles. The summed E-state index contributed by atoms with van der Waals surface area (Å²) >= 11 is 5.91. The van der Waals surface area contributed by atoms with Crippen molar-refractivity contribution in [3.63, 3.8) is 0 Å². The number of hydrogen-bond donors (Lipinski definition) is 1. The molecular formula is C16H12ClNO2. The first-order valence-electron chi connectivity index (χ1n) is 6.15. The third kappa shape index (κ3) is 2.06. The van der Waals surface area contributed by atoms with E-state index in [0.717, 1.165) is 22.2 Å². The van der Waals surface area contributed by atoms with E-state index in [2.05, 4.69) is 4.98 Å². The lowest BCUT2D eigenvalue weighted by Crippen LogP contribution is -2.02. The molecule has 0 aliphatic heterocycles. The third-order valence-corrected chi connectivity index (χ3v) is 3.48. The van der Waals surface area contributed by atoms with Crippen LogP contribution in [-0.4, -0.2) is 18.1 Å². The van der Waals surface area contributed by atoms with Crippen LogP contribution >= 0.6 is 11.6 Å². The molecule has 0 spiro atoms. The summed E-state index contributed by atoms with van der Waals surface area (Å²) in [4.78, 5) is 15.4. The summed E-state index contributed by atoms with van der Waals surface area (Å²) in [5.74, 6) is -0.354. The molecule has 0 bridgehead atoms. The lowest BCUT2D eigenvalue weighted by molar-refractivity contribution is 0.0604. The maximum atomic E-state index is 12.1. The van der Waals surface area contributed by atoms with Crippen molar-refractivity contribution in [2.45, 2.75) is 0 Å². The molecule has 0 amide bonds. The number of hydrogen-bond acceptors (Lipinski definition) is 2. The average molecular weight is 286 g/mol. The Labute approximate surface area is 121 Å². The molecule has 0 unspecified atom stereocenters. The van der Waals surface area contributed by atoms with Gasteiger partial charge in [0.25, 0.3) is 0 Å². The number of carbonyl (C=O) groups excluding carboxylic acids is 1. The van der Waals surface area contributed by atoms with Crippen LogP contribution in [0.5, 0.6) is 0 Å². The Morgan fingerprint density at radius 3 is 2.50 bits per heavy atom. The van der Waals surface area contributed by atoms with E-state index in [1.807, 2.05) is 36.4 Å². The Balaban J connectivity index is 2.29. The van der Waals surface area contributed by atoms with Gasteiger partial charge in [-0.15, -0.1) is 0 Å². The summed E-state index contributed by atoms with van der Waals surface area (Å²) in [7, 11) is 1.38. The second kappa shape index (κ2) is 5.02. The number of rotatable bonds is 2. The molecule has 100 valence electrons. The molecule has 0 aliphatic rings. The van der Waals surface area contributed by atoms with Gasteiger partial charge in [0.2, 0.25) is 0 Å². The SMILES string of the molecule is COC(=O)c1c(-c2ccc(Cl)cc2)[nH]c2ccccc12. The predicted octanol–water partition coefficient (Wildman–Crippen LogP) is 4.27. The van der Waals surface area contributed by atoms with Crippen molar-refractivity contribution in [2.24, 2.45) is 0 Å². The molecule has 1 aromatic heterocycles. The van der Waals surface area contributed by atoms with Gasteiger partial charge in [-0.05, 0) is 23.8 Å². The van der Waals surface area contributed by atoms with Crippen LogP contribution in [-0.2, 0) is 4.74 Å². The number of esters is 1. The van der Waals surface area contributed by atoms with Gasteiger partial charge in [-0.2, -0.15) is 0 Å². The predicted molar refractivity (Wildman–Crippen MR) is 80.1 cm³/mol. The second-order valence-electron chi connectivity index (χ2n) is 4.42. The molecule has 20 heavy (non-hydrogen) atoms. The summed E-state index contributed by atoms with van der Waals surface area (Å²) in [6, 6.07) is 15.0. The normalized spacial score (nSPS) is 10.7. The summed E-state index contributed by atoms with van der Waals surface area (Å²) in [5, 5.41) is 1.51. The van der Waals surface area contributed by atoms with E-state index < -0.39 is 0 Å². The number of aromatic nitrogens is 1. The number of halogens is 1. The van der Waals surface area contributed by atoms with Gasteiger partial charge in [0.15, 0.2) is 0 Å². The number of nitrogens with one attached hydrogen (secondary N) is 1. The Hall–Kier alpha value is -2.26. The molecule has 4 heteroatoms. The van der Waals surface area contributed by atoms with E-state index in [4.69, 9.17) is 16.3 Å². The van der Waals surface area contributed by atoms with Crippen molar-refractivity contribution in [3.8, 4) is 11.3 Å². The molecule has 0 fully saturated rings. The molecule has 3 nitrogen and oxygen atoms in total. The van der Waals surface area contributed by atoms with Gasteiger partial charge in [-0.1, -0.05) is 41.9 Å². The van der Waals surface area contributed by atoms with Crippen molar-refractivity contribution in [2.75, 3.05) is 7.11 Å². The molecule has 3 rings (SSSR count). The maximum absolute atomic E-state index is 12.1. The van der Waals surface area contributed by atoms with Gasteiger partial charge in [-0.3, -0.25) is 0 Å². The molecular weight excluding hydrogens is 274 g/mol. The number of benzene rings is 2. The highest BCUT2D eigenvalue weighted by Crippen LogP contribution is 2.31. The Morgan fingerprint density at radius 1 is 1.10 bits per heavy atom. The zero-order chi connectivity index (χ0) is 14.1. The van der Waals surface area contributed by atoms with Gasteiger partial charge in [-0.25, -0.2) is 4.79 Å². The Morgan fingerprint density at radius 2 is 1.80 bits per heavy atom. The van der Waals surface area contributed by atoms with Crippen LogP contribution in [0, 0.1) is 0 Å². The number of para-hydroxylation sites is 1. The molecule has 0 aliphatic carbocycles. The average Bonchev–Trinajstić information content (AvgIpc) is 2.86. The molecule has 0 radical (unpaired) electrons. The smallest absolute Gasteiger partial charge is 0.340 e. The fraction of sp³-hybridized carbons (Fsp3) is 0.0625. The number of aromatic amines is 1. The standard InChI is InChI=1S/C16H12ClNO2/c1-20-16(19)14-12-4-2-3-5-13(12)18-15(14)10-6-8-11(17)9-7-10/h2-9,18H,1H3. The summed E-state index contributed by atoms with van der Waals surface area (Å²) in [6.07, 6.45) is 0. The van der Waals surface area contributed by atoms with Crippen LogP contribution < -0.4 is 0 Å². The molecule has 0 saturated carbocycles. The van der Waals surface area contributed by atoms with Crippen molar-refractivity contribution in [1.82, 2.24) is 4.98 Å². The van der Waals surface area contributed by atoms with Crippen molar-refractivity contribution in [3.05, 3.63) is 59.1 Å². The van der Waals surface area contributed by atoms with Crippen molar-refractivity contribution >= 4 is 28.5 Å². The Bertz CT molecular complexity index is 775. The maximum Gasteiger partial charge on any atom is 0.340 e. The topological polar surface area (TPSA) is 42.1 Å². The zero-order valence-electron chi connectivity index (χ0n) is 10.8. The highest BCUT2D eigenvalue weighted by molar-refractivity contribution is 6.30. The van der Waals surface area contributed by atoms with Gasteiger partial charge < -0.3 is 9.72 Å². The zero-order valence-corrected chi connectivity index (χ0v) is 11.6. The van der Waals surface area contributed by atoms with Gasteiger partial charge in [0.05, 0.1) is 18.4 Å². The van der Waals surface area contributed by atoms with E-state index >= 15 is 0 Å². The lowest BCUT2D eigenvalue weighted by atomic mass is 10.1. The van der Waals surface area contributed by atoms with Crippen LogP contribution in [0.4, 0.5) is 0 Å². The van der Waals surface area contributed by atoms with E-state index in [1.165, 1.54) is 7.11 Å². The number of ether oxygens (including phenoxy) is 1. The van der Waals surface area contributed by atoms with E-state index in [-0.39, 0.29) is 5.97 Å². The molecule has 0 atom stereocenters. The van der Waals surface area contributed by atoms with Gasteiger partial charge >= 0.3 is 5.97 Å². The minimum Gasteiger partial charge on any atom is -0.465 e. The quantitative estimate of drug-likeness (QED) is 0.714. The van der Waals surface area contributed by atoms with E-state index in [0.29, 0.717) is 10.6 Å². The fourth-order valence-electron chi connectivity index (χ4n) is 2.29. The number of H-pyrrole nitrogens is 1. The van der Waals surface area contributed by atoms with Crippen LogP contribution in [0.2, 0.25) is 5.02 Å². The number of carbonyl (C=O) groups is 1. The number of fused-ring (bicyclic) bond motifs is 1. The monoisotopic (exact) mass is 285 g/mol. The lowest BCUT2D eigenvalue weighted by Gasteiger charge is -2.03. The van der Waals surface area contributed by atoms with Crippen LogP contribution in [0.1, 0.15) is 10.4 Å². The van der Waals surface area contributed by atoms with Gasteiger partial charge in [0, 0.05) is 15.9 Å². The van der Waals surface area contributed by atoms with Crippen molar-refractivity contribution < 1.29 is 9.53 Å². The van der Waals surface area contributed by atoms with Crippen molar-refractivity contribution in [1.29, 1.82) is 0 Å². The third-order valence-electron chi connectivity index (χ3n) is 3.23. The summed E-state index contributed by atoms with van der Waals surface area (Å²) in [5.41, 5.74) is 3.09. The van der Waals surface area contributed by atoms with Crippen LogP contribution in [0.15, 0.2) is 48.5 Å². The highest BCUT2D eigenvalue weighted by atomic mass is 35.5.